The molecule has 6 heteroatoms. The third-order valence-electron chi connectivity index (χ3n) is 3.04. The van der Waals surface area contributed by atoms with Crippen molar-refractivity contribution in [2.45, 2.75) is 6.61 Å². The van der Waals surface area contributed by atoms with Crippen LogP contribution in [0.1, 0.15) is 11.5 Å². The molecule has 0 aliphatic heterocycles. The number of esters is 1. The largest absolute Gasteiger partial charge is 0.453 e. The van der Waals surface area contributed by atoms with Gasteiger partial charge >= 0.3 is 5.97 Å². The first-order valence-corrected chi connectivity index (χ1v) is 7.52. The third kappa shape index (κ3) is 3.92. The summed E-state index contributed by atoms with van der Waals surface area (Å²) in [4.78, 5) is 16.0. The first-order valence-electron chi connectivity index (χ1n) is 6.76. The molecule has 3 rings (SSSR count). The summed E-state index contributed by atoms with van der Waals surface area (Å²) in [6.07, 6.45) is 2.85. The van der Waals surface area contributed by atoms with Crippen LogP contribution >= 0.6 is 23.2 Å². The van der Waals surface area contributed by atoms with Gasteiger partial charge in [-0.3, -0.25) is 0 Å². The van der Waals surface area contributed by atoms with E-state index in [2.05, 4.69) is 4.98 Å². The van der Waals surface area contributed by atoms with Crippen molar-refractivity contribution in [3.63, 3.8) is 0 Å². The maximum absolute atomic E-state index is 11.7. The summed E-state index contributed by atoms with van der Waals surface area (Å²) in [5, 5.41) is 0.992. The van der Waals surface area contributed by atoms with Crippen molar-refractivity contribution in [3.8, 4) is 0 Å². The molecule has 0 amide bonds. The molecule has 0 fully saturated rings. The van der Waals surface area contributed by atoms with Gasteiger partial charge in [0.05, 0.1) is 0 Å². The van der Waals surface area contributed by atoms with E-state index in [1.54, 1.807) is 30.3 Å². The van der Waals surface area contributed by atoms with Crippen molar-refractivity contribution in [1.29, 1.82) is 0 Å². The number of para-hydroxylation sites is 2. The highest BCUT2D eigenvalue weighted by atomic mass is 35.5. The van der Waals surface area contributed by atoms with E-state index in [-0.39, 0.29) is 6.61 Å². The van der Waals surface area contributed by atoms with Gasteiger partial charge in [-0.25, -0.2) is 9.78 Å². The lowest BCUT2D eigenvalue weighted by atomic mass is 10.2. The molecule has 0 spiro atoms. The third-order valence-corrected chi connectivity index (χ3v) is 3.60. The fourth-order valence-electron chi connectivity index (χ4n) is 1.96. The van der Waals surface area contributed by atoms with Crippen molar-refractivity contribution in [3.05, 3.63) is 70.0 Å². The van der Waals surface area contributed by atoms with E-state index in [1.165, 1.54) is 6.08 Å². The first-order chi connectivity index (χ1) is 11.1. The van der Waals surface area contributed by atoms with Gasteiger partial charge in [-0.1, -0.05) is 41.4 Å². The summed E-state index contributed by atoms with van der Waals surface area (Å²) in [6.45, 7) is -0.0355. The van der Waals surface area contributed by atoms with Crippen molar-refractivity contribution in [2.75, 3.05) is 0 Å². The van der Waals surface area contributed by atoms with Gasteiger partial charge in [-0.05, 0) is 35.9 Å². The molecule has 1 aromatic heterocycles. The molecular weight excluding hydrogens is 337 g/mol. The van der Waals surface area contributed by atoms with Gasteiger partial charge in [-0.15, -0.1) is 0 Å². The van der Waals surface area contributed by atoms with E-state index in [0.717, 1.165) is 5.52 Å². The van der Waals surface area contributed by atoms with Crippen LogP contribution < -0.4 is 0 Å². The second-order valence-corrected chi connectivity index (χ2v) is 5.53. The maximum atomic E-state index is 11.7. The number of hydrogen-bond donors (Lipinski definition) is 0. The van der Waals surface area contributed by atoms with E-state index < -0.39 is 5.97 Å². The van der Waals surface area contributed by atoms with Crippen molar-refractivity contribution < 1.29 is 13.9 Å². The van der Waals surface area contributed by atoms with Crippen LogP contribution in [0.5, 0.6) is 0 Å². The second-order valence-electron chi connectivity index (χ2n) is 4.68. The molecule has 0 unspecified atom stereocenters. The molecule has 0 bridgehead atoms. The number of hydrogen-bond acceptors (Lipinski definition) is 4. The first kappa shape index (κ1) is 15.6. The molecule has 2 aromatic carbocycles. The fraction of sp³-hybridized carbons (Fsp3) is 0.0588. The van der Waals surface area contributed by atoms with Gasteiger partial charge in [-0.2, -0.15) is 0 Å². The predicted octanol–water partition coefficient (Wildman–Crippen LogP) is 4.89. The Hall–Kier alpha value is -2.30. The molecule has 0 saturated carbocycles. The number of rotatable bonds is 4. The van der Waals surface area contributed by atoms with E-state index in [1.807, 2.05) is 18.2 Å². The number of aromatic nitrogens is 1. The Morgan fingerprint density at radius 1 is 1.22 bits per heavy atom. The minimum absolute atomic E-state index is 0.0355. The summed E-state index contributed by atoms with van der Waals surface area (Å²) >= 11 is 11.8. The monoisotopic (exact) mass is 347 g/mol. The number of carbonyl (C=O) groups excluding carboxylic acids is 1. The Morgan fingerprint density at radius 3 is 2.83 bits per heavy atom. The molecule has 116 valence electrons. The number of oxazole rings is 1. The quantitative estimate of drug-likeness (QED) is 0.498. The normalized spacial score (nSPS) is 11.2. The highest BCUT2D eigenvalue weighted by Crippen LogP contribution is 2.22. The number of nitrogens with zero attached hydrogens (tertiary/aromatic N) is 1. The number of ether oxygens (including phenoxy) is 1. The molecule has 1 heterocycles. The standard InChI is InChI=1S/C17H11Cl2NO3/c18-12-7-5-11(13(19)9-12)6-8-17(21)22-10-16-20-14-3-1-2-4-15(14)23-16/h1-9H,10H2/b8-6+. The van der Waals surface area contributed by atoms with Crippen molar-refractivity contribution >= 4 is 46.3 Å². The van der Waals surface area contributed by atoms with Crippen LogP contribution in [0, 0.1) is 0 Å². The zero-order chi connectivity index (χ0) is 16.2. The topological polar surface area (TPSA) is 52.3 Å². The number of benzene rings is 2. The Balaban J connectivity index is 1.61. The van der Waals surface area contributed by atoms with Gasteiger partial charge in [0.2, 0.25) is 5.89 Å². The summed E-state index contributed by atoms with van der Waals surface area (Å²) in [5.74, 6) is -0.171. The molecule has 0 aliphatic rings. The lowest BCUT2D eigenvalue weighted by Crippen LogP contribution is -2.00. The van der Waals surface area contributed by atoms with Gasteiger partial charge < -0.3 is 9.15 Å². The molecule has 0 aliphatic carbocycles. The highest BCUT2D eigenvalue weighted by molar-refractivity contribution is 6.35. The summed E-state index contributed by atoms with van der Waals surface area (Å²) in [6, 6.07) is 12.3. The van der Waals surface area contributed by atoms with Crippen LogP contribution in [-0.2, 0) is 16.1 Å². The fourth-order valence-corrected chi connectivity index (χ4v) is 2.43. The molecule has 23 heavy (non-hydrogen) atoms. The molecule has 0 atom stereocenters. The van der Waals surface area contributed by atoms with Gasteiger partial charge in [0.15, 0.2) is 12.2 Å². The van der Waals surface area contributed by atoms with Gasteiger partial charge in [0.1, 0.15) is 5.52 Å². The Bertz CT molecular complexity index is 853. The summed E-state index contributed by atoms with van der Waals surface area (Å²) in [5.41, 5.74) is 2.05. The molecule has 0 N–H and O–H groups in total. The minimum atomic E-state index is -0.515. The summed E-state index contributed by atoms with van der Waals surface area (Å²) < 4.78 is 10.6. The molecule has 0 saturated heterocycles. The predicted molar refractivity (Wildman–Crippen MR) is 89.3 cm³/mol. The molecule has 3 aromatic rings. The van der Waals surface area contributed by atoms with Gasteiger partial charge in [0, 0.05) is 16.1 Å². The lowest BCUT2D eigenvalue weighted by molar-refractivity contribution is -0.139. The van der Waals surface area contributed by atoms with Crippen LogP contribution in [0.15, 0.2) is 53.0 Å². The van der Waals surface area contributed by atoms with Crippen LogP contribution in [0.2, 0.25) is 10.0 Å². The average Bonchev–Trinajstić information content (AvgIpc) is 2.95. The smallest absolute Gasteiger partial charge is 0.331 e. The number of halogens is 2. The minimum Gasteiger partial charge on any atom is -0.453 e. The van der Waals surface area contributed by atoms with Gasteiger partial charge in [0.25, 0.3) is 0 Å². The van der Waals surface area contributed by atoms with Crippen LogP contribution in [0.25, 0.3) is 17.2 Å². The van der Waals surface area contributed by atoms with Crippen LogP contribution in [0.3, 0.4) is 0 Å². The zero-order valence-corrected chi connectivity index (χ0v) is 13.3. The van der Waals surface area contributed by atoms with E-state index in [4.69, 9.17) is 32.4 Å². The zero-order valence-electron chi connectivity index (χ0n) is 11.8. The Kier molecular flexibility index (Phi) is 4.65. The van der Waals surface area contributed by atoms with Crippen molar-refractivity contribution in [2.24, 2.45) is 0 Å². The van der Waals surface area contributed by atoms with E-state index >= 15 is 0 Å². The number of fused-ring (bicyclic) bond motifs is 1. The van der Waals surface area contributed by atoms with E-state index in [0.29, 0.717) is 27.1 Å². The van der Waals surface area contributed by atoms with Crippen LogP contribution in [0.4, 0.5) is 0 Å². The van der Waals surface area contributed by atoms with Crippen LogP contribution in [-0.4, -0.2) is 11.0 Å². The highest BCUT2D eigenvalue weighted by Gasteiger charge is 2.07. The lowest BCUT2D eigenvalue weighted by Gasteiger charge is -1.99. The maximum Gasteiger partial charge on any atom is 0.331 e. The Morgan fingerprint density at radius 2 is 2.04 bits per heavy atom. The second kappa shape index (κ2) is 6.86. The molecule has 4 nitrogen and oxygen atoms in total. The molecule has 0 radical (unpaired) electrons. The summed E-state index contributed by atoms with van der Waals surface area (Å²) in [7, 11) is 0. The number of carbonyl (C=O) groups is 1. The Labute approximate surface area is 142 Å². The molecular formula is C17H11Cl2NO3. The van der Waals surface area contributed by atoms with Crippen molar-refractivity contribution in [1.82, 2.24) is 4.98 Å². The SMILES string of the molecule is O=C(/C=C/c1ccc(Cl)cc1Cl)OCc1nc2ccccc2o1. The average molecular weight is 348 g/mol. The van der Waals surface area contributed by atoms with E-state index in [9.17, 15) is 4.79 Å².